The normalized spacial score (nSPS) is 10.4. The van der Waals surface area contributed by atoms with Crippen LogP contribution in [-0.2, 0) is 0 Å². The van der Waals surface area contributed by atoms with E-state index in [1.165, 1.54) is 44.9 Å². The Morgan fingerprint density at radius 3 is 1.71 bits per heavy atom. The minimum absolute atomic E-state index is 0.149. The van der Waals surface area contributed by atoms with Crippen LogP contribution in [0, 0.1) is 10.1 Å². The van der Waals surface area contributed by atoms with Crippen LogP contribution in [0.3, 0.4) is 0 Å². The van der Waals surface area contributed by atoms with Gasteiger partial charge in [0.15, 0.2) is 0 Å². The van der Waals surface area contributed by atoms with Gasteiger partial charge in [-0.15, -0.1) is 0 Å². The predicted molar refractivity (Wildman–Crippen MR) is 59.1 cm³/mol. The number of nitrogens with zero attached hydrogens (tertiary/aromatic N) is 1. The number of nitro groups is 1. The molecule has 0 radical (unpaired) electrons. The molecule has 0 aliphatic heterocycles. The Balaban J connectivity index is 2.88. The van der Waals surface area contributed by atoms with Crippen molar-refractivity contribution in [3.63, 3.8) is 0 Å². The maximum absolute atomic E-state index is 10.0. The lowest BCUT2D eigenvalue weighted by molar-refractivity contribution is -0.480. The summed E-state index contributed by atoms with van der Waals surface area (Å²) < 4.78 is 0. The third-order valence-corrected chi connectivity index (χ3v) is 2.44. The molecule has 0 atom stereocenters. The Kier molecular flexibility index (Phi) is 10.0. The summed E-state index contributed by atoms with van der Waals surface area (Å²) >= 11 is 0. The van der Waals surface area contributed by atoms with Crippen LogP contribution in [0.25, 0.3) is 0 Å². The second-order valence-electron chi connectivity index (χ2n) is 3.88. The van der Waals surface area contributed by atoms with Crippen LogP contribution in [0.1, 0.15) is 64.7 Å². The topological polar surface area (TPSA) is 43.1 Å². The summed E-state index contributed by atoms with van der Waals surface area (Å²) in [4.78, 5) is 9.79. The molecule has 0 heterocycles. The summed E-state index contributed by atoms with van der Waals surface area (Å²) in [5, 5.41) is 10.0. The highest BCUT2D eigenvalue weighted by molar-refractivity contribution is 4.46. The quantitative estimate of drug-likeness (QED) is 0.306. The second kappa shape index (κ2) is 10.5. The van der Waals surface area contributed by atoms with Crippen LogP contribution >= 0.6 is 0 Å². The van der Waals surface area contributed by atoms with E-state index < -0.39 is 0 Å². The van der Waals surface area contributed by atoms with Gasteiger partial charge in [0.1, 0.15) is 0 Å². The first kappa shape index (κ1) is 13.4. The van der Waals surface area contributed by atoms with Gasteiger partial charge >= 0.3 is 0 Å². The number of unbranched alkanes of at least 4 members (excludes halogenated alkanes) is 8. The molecule has 0 saturated heterocycles. The van der Waals surface area contributed by atoms with Crippen molar-refractivity contribution in [1.29, 1.82) is 0 Å². The third-order valence-electron chi connectivity index (χ3n) is 2.44. The lowest BCUT2D eigenvalue weighted by atomic mass is 10.1. The van der Waals surface area contributed by atoms with Crippen molar-refractivity contribution >= 4 is 0 Å². The lowest BCUT2D eigenvalue weighted by Crippen LogP contribution is -1.99. The van der Waals surface area contributed by atoms with Crippen LogP contribution < -0.4 is 0 Å². The minimum Gasteiger partial charge on any atom is -0.265 e. The molecule has 0 aromatic rings. The third kappa shape index (κ3) is 11.4. The van der Waals surface area contributed by atoms with Crippen molar-refractivity contribution in [2.45, 2.75) is 64.7 Å². The largest absolute Gasteiger partial charge is 0.265 e. The summed E-state index contributed by atoms with van der Waals surface area (Å²) in [5.74, 6) is 0. The van der Waals surface area contributed by atoms with Crippen molar-refractivity contribution in [3.05, 3.63) is 10.1 Å². The first-order valence-corrected chi connectivity index (χ1v) is 5.89. The molecule has 0 aromatic carbocycles. The van der Waals surface area contributed by atoms with Crippen molar-refractivity contribution in [3.8, 4) is 0 Å². The molecule has 0 N–H and O–H groups in total. The highest BCUT2D eigenvalue weighted by Gasteiger charge is 1.96. The Bertz CT molecular complexity index is 137. The highest BCUT2D eigenvalue weighted by atomic mass is 16.6. The van der Waals surface area contributed by atoms with Gasteiger partial charge in [0.25, 0.3) is 0 Å². The maximum Gasteiger partial charge on any atom is 0.203 e. The Morgan fingerprint density at radius 1 is 0.857 bits per heavy atom. The molecule has 0 unspecified atom stereocenters. The van der Waals surface area contributed by atoms with E-state index in [0.29, 0.717) is 0 Å². The monoisotopic (exact) mass is 201 g/mol. The molecule has 0 rings (SSSR count). The van der Waals surface area contributed by atoms with E-state index in [1.54, 1.807) is 0 Å². The van der Waals surface area contributed by atoms with Crippen LogP contribution in [-0.4, -0.2) is 11.5 Å². The van der Waals surface area contributed by atoms with Gasteiger partial charge < -0.3 is 0 Å². The van der Waals surface area contributed by atoms with Crippen molar-refractivity contribution in [2.24, 2.45) is 0 Å². The Labute approximate surface area is 87.0 Å². The van der Waals surface area contributed by atoms with Gasteiger partial charge in [0.05, 0.1) is 0 Å². The average Bonchev–Trinajstić information content (AvgIpc) is 2.15. The van der Waals surface area contributed by atoms with E-state index in [0.717, 1.165) is 12.8 Å². The molecule has 0 amide bonds. The molecule has 3 nitrogen and oxygen atoms in total. The zero-order valence-corrected chi connectivity index (χ0v) is 9.33. The van der Waals surface area contributed by atoms with Crippen LogP contribution in [0.4, 0.5) is 0 Å². The molecule has 0 bridgehead atoms. The van der Waals surface area contributed by atoms with Gasteiger partial charge in [0.2, 0.25) is 6.54 Å². The molecule has 0 saturated carbocycles. The maximum atomic E-state index is 10.0. The first-order valence-electron chi connectivity index (χ1n) is 5.89. The van der Waals surface area contributed by atoms with Gasteiger partial charge in [0, 0.05) is 11.3 Å². The van der Waals surface area contributed by atoms with Crippen molar-refractivity contribution < 1.29 is 4.92 Å². The molecule has 0 spiro atoms. The number of hydrogen-bond donors (Lipinski definition) is 0. The van der Waals surface area contributed by atoms with Crippen LogP contribution in [0.2, 0.25) is 0 Å². The van der Waals surface area contributed by atoms with Gasteiger partial charge in [-0.2, -0.15) is 0 Å². The lowest BCUT2D eigenvalue weighted by Gasteiger charge is -1.99. The van der Waals surface area contributed by atoms with Gasteiger partial charge in [-0.05, 0) is 6.42 Å². The standard InChI is InChI=1S/C11H23NO2/c1-2-3-4-5-6-7-8-9-10-11-12(13)14/h2-11H2,1H3. The highest BCUT2D eigenvalue weighted by Crippen LogP contribution is 2.09. The fourth-order valence-electron chi connectivity index (χ4n) is 1.55. The fraction of sp³-hybridized carbons (Fsp3) is 1.00. The molecular formula is C11H23NO2. The molecule has 0 fully saturated rings. The van der Waals surface area contributed by atoms with Crippen molar-refractivity contribution in [1.82, 2.24) is 0 Å². The van der Waals surface area contributed by atoms with Crippen LogP contribution in [0.15, 0.2) is 0 Å². The van der Waals surface area contributed by atoms with Gasteiger partial charge in [-0.25, -0.2) is 0 Å². The average molecular weight is 201 g/mol. The molecule has 0 aromatic heterocycles. The van der Waals surface area contributed by atoms with E-state index in [9.17, 15) is 10.1 Å². The summed E-state index contributed by atoms with van der Waals surface area (Å²) in [6.45, 7) is 2.37. The van der Waals surface area contributed by atoms with E-state index >= 15 is 0 Å². The SMILES string of the molecule is CCCCCCCCCCC[N+](=O)[O-]. The number of rotatable bonds is 10. The van der Waals surface area contributed by atoms with E-state index in [-0.39, 0.29) is 11.5 Å². The van der Waals surface area contributed by atoms with E-state index in [1.807, 2.05) is 0 Å². The summed E-state index contributed by atoms with van der Waals surface area (Å²) in [5.41, 5.74) is 0. The minimum atomic E-state index is -0.221. The molecule has 84 valence electrons. The van der Waals surface area contributed by atoms with Gasteiger partial charge in [-0.3, -0.25) is 10.1 Å². The zero-order chi connectivity index (χ0) is 10.6. The van der Waals surface area contributed by atoms with Crippen LogP contribution in [0.5, 0.6) is 0 Å². The molecular weight excluding hydrogens is 178 g/mol. The van der Waals surface area contributed by atoms with E-state index in [2.05, 4.69) is 6.92 Å². The molecule has 0 aliphatic rings. The van der Waals surface area contributed by atoms with Gasteiger partial charge in [-0.1, -0.05) is 51.9 Å². The fourth-order valence-corrected chi connectivity index (χ4v) is 1.55. The molecule has 0 aliphatic carbocycles. The number of hydrogen-bond acceptors (Lipinski definition) is 2. The Hall–Kier alpha value is -0.600. The zero-order valence-electron chi connectivity index (χ0n) is 9.33. The smallest absolute Gasteiger partial charge is 0.203 e. The first-order chi connectivity index (χ1) is 6.77. The Morgan fingerprint density at radius 2 is 1.29 bits per heavy atom. The summed E-state index contributed by atoms with van der Waals surface area (Å²) in [6.07, 6.45) is 10.8. The van der Waals surface area contributed by atoms with E-state index in [4.69, 9.17) is 0 Å². The predicted octanol–water partition coefficient (Wildman–Crippen LogP) is 3.79. The molecule has 3 heteroatoms. The second-order valence-corrected chi connectivity index (χ2v) is 3.88. The van der Waals surface area contributed by atoms with Crippen molar-refractivity contribution in [2.75, 3.05) is 6.54 Å². The summed E-state index contributed by atoms with van der Waals surface area (Å²) in [6, 6.07) is 0. The summed E-state index contributed by atoms with van der Waals surface area (Å²) in [7, 11) is 0. The molecule has 14 heavy (non-hydrogen) atoms.